The molecule has 4 aromatic rings. The maximum absolute atomic E-state index is 13.2. The third kappa shape index (κ3) is 14.8. The Morgan fingerprint density at radius 2 is 1.47 bits per heavy atom. The number of anilines is 1. The molecule has 0 saturated carbocycles. The smallest absolute Gasteiger partial charge is 0.363 e. The molecule has 1 aromatic heterocycles. The van der Waals surface area contributed by atoms with Gasteiger partial charge in [0.15, 0.2) is 5.71 Å². The van der Waals surface area contributed by atoms with Gasteiger partial charge in [-0.3, -0.25) is 14.1 Å². The van der Waals surface area contributed by atoms with Crippen LogP contribution in [-0.4, -0.2) is 98.4 Å². The van der Waals surface area contributed by atoms with E-state index in [1.165, 1.54) is 36.4 Å². The molecule has 2 amide bonds. The monoisotopic (exact) mass is 1170 g/mol. The predicted octanol–water partition coefficient (Wildman–Crippen LogP) is 10.1. The zero-order valence-electron chi connectivity index (χ0n) is 45.3. The molecule has 434 valence electrons. The normalized spacial score (nSPS) is 21.2. The van der Waals surface area contributed by atoms with Crippen molar-refractivity contribution in [2.24, 2.45) is 0 Å². The highest BCUT2D eigenvalue weighted by Crippen LogP contribution is 2.50. The van der Waals surface area contributed by atoms with Crippen molar-refractivity contribution in [3.63, 3.8) is 0 Å². The lowest BCUT2D eigenvalue weighted by Gasteiger charge is -2.27. The number of hydrogen-bond acceptors (Lipinski definition) is 18. The first-order valence-electron chi connectivity index (χ1n) is 26.8. The van der Waals surface area contributed by atoms with Crippen molar-refractivity contribution in [1.82, 2.24) is 15.4 Å². The molecule has 0 radical (unpaired) electrons. The van der Waals surface area contributed by atoms with Crippen LogP contribution in [0.2, 0.25) is 0 Å². The summed E-state index contributed by atoms with van der Waals surface area (Å²) in [6.45, 7) is 8.00. The number of aromatic nitrogens is 1. The molecule has 7 N–H and O–H groups in total. The maximum atomic E-state index is 13.2. The molecule has 1 aliphatic carbocycles. The number of nitrogens with one attached hydrogen (secondary N) is 2. The average molecular weight is 1180 g/mol. The molecule has 4 heterocycles. The SMILES string of the molecule is CC12CCCCCC(=O)NCCNC(=O)CCCCCN3/C(=C/C=C4/CCCC(=C4Oc4ccc(C(=O)On5c(O)ccc5O)cc4)/C=C/C1=[N+](CCCSOOO)c1ccc(S(=O)(=O)O)cc12)C(C)(C)c1cc(SOOO)ccc13. The van der Waals surface area contributed by atoms with Crippen molar-refractivity contribution < 1.29 is 81.0 Å². The van der Waals surface area contributed by atoms with Gasteiger partial charge < -0.3 is 35.3 Å². The van der Waals surface area contributed by atoms with Gasteiger partial charge in [0, 0.05) is 108 Å². The summed E-state index contributed by atoms with van der Waals surface area (Å²) in [5.41, 5.74) is 5.73. The Balaban J connectivity index is 1.25. The number of amides is 2. The second kappa shape index (κ2) is 27.5. The van der Waals surface area contributed by atoms with E-state index < -0.39 is 38.7 Å². The molecule has 81 heavy (non-hydrogen) atoms. The van der Waals surface area contributed by atoms with Gasteiger partial charge in [-0.1, -0.05) is 49.3 Å². The van der Waals surface area contributed by atoms with Gasteiger partial charge in [0.25, 0.3) is 10.1 Å². The quantitative estimate of drug-likeness (QED) is 0.0154. The van der Waals surface area contributed by atoms with E-state index in [0.717, 1.165) is 82.8 Å². The number of rotatable bonds is 14. The number of benzene rings is 3. The summed E-state index contributed by atoms with van der Waals surface area (Å²) in [6, 6.07) is 19.1. The van der Waals surface area contributed by atoms with E-state index in [9.17, 15) is 37.6 Å². The van der Waals surface area contributed by atoms with E-state index in [1.807, 2.05) is 37.3 Å². The lowest BCUT2D eigenvalue weighted by atomic mass is 9.75. The van der Waals surface area contributed by atoms with Crippen molar-refractivity contribution >= 4 is 69.1 Å². The number of carbonyl (C=O) groups excluding carboxylic acids is 3. The average Bonchev–Trinajstić information content (AvgIpc) is 4.01. The molecular formula is C57H68N5O16S3+. The highest BCUT2D eigenvalue weighted by Gasteiger charge is 2.48. The van der Waals surface area contributed by atoms with Crippen LogP contribution >= 0.6 is 24.1 Å². The van der Waals surface area contributed by atoms with Crippen LogP contribution in [0, 0.1) is 0 Å². The number of ether oxygens (including phenoxy) is 1. The zero-order chi connectivity index (χ0) is 57.7. The van der Waals surface area contributed by atoms with E-state index in [1.54, 1.807) is 18.2 Å². The highest BCUT2D eigenvalue weighted by atomic mass is 32.2. The molecule has 1 atom stereocenters. The first-order chi connectivity index (χ1) is 38.9. The molecule has 0 spiro atoms. The summed E-state index contributed by atoms with van der Waals surface area (Å²) < 4.78 is 55.0. The Labute approximate surface area is 478 Å². The number of allylic oxidation sites excluding steroid dienone is 7. The molecule has 0 saturated heterocycles. The number of carbonyl (C=O) groups is 3. The van der Waals surface area contributed by atoms with Crippen LogP contribution < -0.4 is 25.1 Å². The van der Waals surface area contributed by atoms with E-state index in [-0.39, 0.29) is 28.7 Å². The molecule has 1 unspecified atom stereocenters. The van der Waals surface area contributed by atoms with E-state index in [2.05, 4.69) is 60.5 Å². The van der Waals surface area contributed by atoms with Crippen molar-refractivity contribution in [3.05, 3.63) is 136 Å². The molecule has 21 nitrogen and oxygen atoms in total. The molecule has 4 aliphatic rings. The second-order valence-corrected chi connectivity index (χ2v) is 23.7. The van der Waals surface area contributed by atoms with Crippen LogP contribution in [0.15, 0.2) is 129 Å². The summed E-state index contributed by atoms with van der Waals surface area (Å²) in [6.07, 6.45) is 16.0. The number of aromatic hydroxyl groups is 2. The minimum Gasteiger partial charge on any atom is -0.492 e. The largest absolute Gasteiger partial charge is 0.492 e. The molecule has 8 rings (SSSR count). The molecular weight excluding hydrogens is 1110 g/mol. The van der Waals surface area contributed by atoms with Gasteiger partial charge in [0.1, 0.15) is 18.1 Å². The van der Waals surface area contributed by atoms with Crippen LogP contribution in [0.4, 0.5) is 11.4 Å². The maximum Gasteiger partial charge on any atom is 0.363 e. The molecule has 0 fully saturated rings. The van der Waals surface area contributed by atoms with Crippen molar-refractivity contribution in [3.8, 4) is 17.5 Å². The molecule has 3 aliphatic heterocycles. The van der Waals surface area contributed by atoms with Crippen LogP contribution in [0.3, 0.4) is 0 Å². The van der Waals surface area contributed by atoms with Gasteiger partial charge in [0.05, 0.1) is 27.9 Å². The molecule has 2 bridgehead atoms. The van der Waals surface area contributed by atoms with Crippen LogP contribution in [0.1, 0.15) is 126 Å². The van der Waals surface area contributed by atoms with Gasteiger partial charge in [-0.15, -0.1) is 13.4 Å². The van der Waals surface area contributed by atoms with Crippen molar-refractivity contribution in [2.45, 2.75) is 125 Å². The Bertz CT molecular complexity index is 3210. The zero-order valence-corrected chi connectivity index (χ0v) is 47.7. The number of nitrogens with zero attached hydrogens (tertiary/aromatic N) is 3. The minimum absolute atomic E-state index is 0.0915. The predicted molar refractivity (Wildman–Crippen MR) is 302 cm³/mol. The first kappa shape index (κ1) is 60.6. The van der Waals surface area contributed by atoms with Gasteiger partial charge in [0.2, 0.25) is 29.3 Å². The van der Waals surface area contributed by atoms with E-state index >= 15 is 0 Å². The minimum atomic E-state index is -4.61. The first-order valence-corrected chi connectivity index (χ1v) is 29.9. The summed E-state index contributed by atoms with van der Waals surface area (Å²) in [5, 5.41) is 51.6. The van der Waals surface area contributed by atoms with E-state index in [0.29, 0.717) is 116 Å². The lowest BCUT2D eigenvalue weighted by molar-refractivity contribution is -0.438. The highest BCUT2D eigenvalue weighted by molar-refractivity contribution is 7.94. The fraction of sp³-hybridized carbons (Fsp3) is 0.404. The summed E-state index contributed by atoms with van der Waals surface area (Å²) in [4.78, 5) is 47.1. The van der Waals surface area contributed by atoms with E-state index in [4.69, 9.17) is 24.4 Å². The molecule has 3 aromatic carbocycles. The Morgan fingerprint density at radius 1 is 0.765 bits per heavy atom. The van der Waals surface area contributed by atoms with Crippen molar-refractivity contribution in [1.29, 1.82) is 0 Å². The van der Waals surface area contributed by atoms with Gasteiger partial charge in [-0.2, -0.15) is 13.0 Å². The van der Waals surface area contributed by atoms with Gasteiger partial charge in [-0.05, 0) is 135 Å². The third-order valence-corrected chi connectivity index (χ3v) is 17.0. The van der Waals surface area contributed by atoms with Crippen LogP contribution in [0.5, 0.6) is 17.5 Å². The summed E-state index contributed by atoms with van der Waals surface area (Å²) >= 11 is 1.80. The van der Waals surface area contributed by atoms with Gasteiger partial charge in [-0.25, -0.2) is 15.3 Å². The second-order valence-electron chi connectivity index (χ2n) is 20.7. The Kier molecular flexibility index (Phi) is 20.6. The standard InChI is InChI=1S/C57H67N5O16S3/c1-56(2)44-36-42(80-78-76-69)22-24-46(44)60-33-9-5-7-15-51(64)59-32-31-58-50(63)14-6-4-8-30-57(3)45-37-43(81(70,71)72)23-25-47(45)61(34-11-35-79-77-75-68)49(57)27-19-39-13-10-12-38(18-26-48(56)60)54(39)73-41-20-16-40(17-21-41)55(67)74-62-52(65)28-29-53(62)66/h16-29,36-37H,4-15,30-35H2,1-3H3,(H6-,58,59,63,64,65,66,68,69,70,71,72)/p+1. The number of fused-ring (bicyclic) bond motifs is 7. The fourth-order valence-corrected chi connectivity index (χ4v) is 12.2. The summed E-state index contributed by atoms with van der Waals surface area (Å²) in [7, 11) is -4.61. The number of hydrogen-bond donors (Lipinski definition) is 7. The third-order valence-electron chi connectivity index (χ3n) is 15.0. The van der Waals surface area contributed by atoms with Crippen LogP contribution in [-0.2, 0) is 49.3 Å². The topological polar surface area (TPSA) is 277 Å². The van der Waals surface area contributed by atoms with Gasteiger partial charge >= 0.3 is 5.97 Å². The lowest BCUT2D eigenvalue weighted by Crippen LogP contribution is -2.34. The molecule has 24 heteroatoms. The Morgan fingerprint density at radius 3 is 2.16 bits per heavy atom. The Hall–Kier alpha value is -6.45. The van der Waals surface area contributed by atoms with Crippen LogP contribution in [0.25, 0.3) is 0 Å². The summed E-state index contributed by atoms with van der Waals surface area (Å²) in [5.74, 6) is -0.624. The fourth-order valence-electron chi connectivity index (χ4n) is 10.9. The van der Waals surface area contributed by atoms with Crippen molar-refractivity contribution in [2.75, 3.05) is 36.8 Å².